The third-order valence-electron chi connectivity index (χ3n) is 3.16. The Morgan fingerprint density at radius 3 is 2.75 bits per heavy atom. The summed E-state index contributed by atoms with van der Waals surface area (Å²) < 4.78 is 0. The summed E-state index contributed by atoms with van der Waals surface area (Å²) in [4.78, 5) is 25.3. The lowest BCUT2D eigenvalue weighted by molar-refractivity contribution is -0.146. The van der Waals surface area contributed by atoms with Crippen molar-refractivity contribution in [1.29, 1.82) is 0 Å². The third-order valence-corrected chi connectivity index (χ3v) is 3.16. The minimum absolute atomic E-state index is 0.000139. The van der Waals surface area contributed by atoms with E-state index in [1.54, 1.807) is 11.8 Å². The van der Waals surface area contributed by atoms with E-state index in [9.17, 15) is 9.59 Å². The van der Waals surface area contributed by atoms with E-state index in [4.69, 9.17) is 5.73 Å². The van der Waals surface area contributed by atoms with Crippen LogP contribution in [0.3, 0.4) is 0 Å². The maximum Gasteiger partial charge on any atom is 0.242 e. The van der Waals surface area contributed by atoms with Crippen LogP contribution in [0.15, 0.2) is 0 Å². The lowest BCUT2D eigenvalue weighted by atomic mass is 9.93. The van der Waals surface area contributed by atoms with Crippen LogP contribution < -0.4 is 11.1 Å². The Morgan fingerprint density at radius 1 is 1.62 bits per heavy atom. The van der Waals surface area contributed by atoms with Crippen LogP contribution in [-0.4, -0.2) is 42.4 Å². The number of nitrogens with two attached hydrogens (primary N) is 1. The molecule has 0 aliphatic carbocycles. The molecule has 1 heterocycles. The summed E-state index contributed by atoms with van der Waals surface area (Å²) in [5.41, 5.74) is 5.61. The number of hydrogen-bond donors (Lipinski definition) is 2. The second-order valence-electron chi connectivity index (χ2n) is 4.58. The first-order valence-electron chi connectivity index (χ1n) is 5.77. The standard InChI is InChI=1S/C11H21N3O2/c1-7(2)9(6-12)11(16)14-5-4-13-10(15)8(14)3/h7-9H,4-6,12H2,1-3H3,(H,13,15). The second-order valence-corrected chi connectivity index (χ2v) is 4.58. The summed E-state index contributed by atoms with van der Waals surface area (Å²) in [6, 6.07) is -0.381. The van der Waals surface area contributed by atoms with Gasteiger partial charge in [0.1, 0.15) is 6.04 Å². The topological polar surface area (TPSA) is 75.4 Å². The van der Waals surface area contributed by atoms with Gasteiger partial charge in [0, 0.05) is 19.6 Å². The fourth-order valence-electron chi connectivity index (χ4n) is 1.95. The van der Waals surface area contributed by atoms with E-state index in [0.29, 0.717) is 19.6 Å². The van der Waals surface area contributed by atoms with Crippen molar-refractivity contribution in [3.8, 4) is 0 Å². The van der Waals surface area contributed by atoms with Gasteiger partial charge in [-0.3, -0.25) is 9.59 Å². The summed E-state index contributed by atoms with van der Waals surface area (Å²) in [5.74, 6) is -0.0676. The second kappa shape index (κ2) is 5.30. The van der Waals surface area contributed by atoms with Crippen molar-refractivity contribution >= 4 is 11.8 Å². The maximum atomic E-state index is 12.2. The molecule has 5 nitrogen and oxygen atoms in total. The van der Waals surface area contributed by atoms with Gasteiger partial charge in [-0.15, -0.1) is 0 Å². The van der Waals surface area contributed by atoms with Gasteiger partial charge in [-0.25, -0.2) is 0 Å². The van der Waals surface area contributed by atoms with Crippen molar-refractivity contribution in [2.24, 2.45) is 17.6 Å². The maximum absolute atomic E-state index is 12.2. The molecule has 1 saturated heterocycles. The molecule has 0 saturated carbocycles. The zero-order valence-corrected chi connectivity index (χ0v) is 10.2. The van der Waals surface area contributed by atoms with Gasteiger partial charge in [-0.2, -0.15) is 0 Å². The molecule has 0 aromatic carbocycles. The molecule has 1 aliphatic heterocycles. The van der Waals surface area contributed by atoms with Crippen LogP contribution in [-0.2, 0) is 9.59 Å². The number of rotatable bonds is 3. The van der Waals surface area contributed by atoms with E-state index in [2.05, 4.69) is 5.32 Å². The Kier molecular flexibility index (Phi) is 4.29. The summed E-state index contributed by atoms with van der Waals surface area (Å²) in [5, 5.41) is 2.74. The normalized spacial score (nSPS) is 23.2. The molecule has 2 unspecified atom stereocenters. The monoisotopic (exact) mass is 227 g/mol. The lowest BCUT2D eigenvalue weighted by Crippen LogP contribution is -2.58. The van der Waals surface area contributed by atoms with Crippen molar-refractivity contribution in [3.05, 3.63) is 0 Å². The van der Waals surface area contributed by atoms with E-state index in [1.165, 1.54) is 0 Å². The SMILES string of the molecule is CC(C)C(CN)C(=O)N1CCNC(=O)C1C. The summed E-state index contributed by atoms with van der Waals surface area (Å²) in [6.45, 7) is 7.15. The van der Waals surface area contributed by atoms with Gasteiger partial charge in [-0.1, -0.05) is 13.8 Å². The zero-order valence-electron chi connectivity index (χ0n) is 10.2. The summed E-state index contributed by atoms with van der Waals surface area (Å²) in [7, 11) is 0. The molecule has 1 rings (SSSR count). The molecular formula is C11H21N3O2. The molecule has 92 valence electrons. The molecule has 2 atom stereocenters. The number of hydrogen-bond acceptors (Lipinski definition) is 3. The molecule has 0 spiro atoms. The molecule has 0 radical (unpaired) electrons. The van der Waals surface area contributed by atoms with Crippen LogP contribution in [0.4, 0.5) is 0 Å². The largest absolute Gasteiger partial charge is 0.353 e. The van der Waals surface area contributed by atoms with Crippen LogP contribution >= 0.6 is 0 Å². The zero-order chi connectivity index (χ0) is 12.3. The molecule has 1 fully saturated rings. The number of piperazine rings is 1. The van der Waals surface area contributed by atoms with Crippen molar-refractivity contribution in [2.75, 3.05) is 19.6 Å². The van der Waals surface area contributed by atoms with Gasteiger partial charge in [-0.05, 0) is 12.8 Å². The Labute approximate surface area is 96.4 Å². The minimum atomic E-state index is -0.381. The minimum Gasteiger partial charge on any atom is -0.353 e. The molecule has 2 amide bonds. The molecule has 0 aromatic heterocycles. The van der Waals surface area contributed by atoms with E-state index >= 15 is 0 Å². The quantitative estimate of drug-likeness (QED) is 0.686. The van der Waals surface area contributed by atoms with Gasteiger partial charge in [0.2, 0.25) is 11.8 Å². The number of carbonyl (C=O) groups is 2. The average Bonchev–Trinajstić information content (AvgIpc) is 2.22. The highest BCUT2D eigenvalue weighted by Crippen LogP contribution is 2.16. The van der Waals surface area contributed by atoms with Crippen molar-refractivity contribution in [3.63, 3.8) is 0 Å². The predicted octanol–water partition coefficient (Wildman–Crippen LogP) is -0.436. The molecule has 0 bridgehead atoms. The van der Waals surface area contributed by atoms with Gasteiger partial charge < -0.3 is 16.0 Å². The first-order valence-corrected chi connectivity index (χ1v) is 5.77. The smallest absolute Gasteiger partial charge is 0.242 e. The number of carbonyl (C=O) groups excluding carboxylic acids is 2. The Balaban J connectivity index is 2.75. The average molecular weight is 227 g/mol. The van der Waals surface area contributed by atoms with Crippen molar-refractivity contribution < 1.29 is 9.59 Å². The number of amides is 2. The number of nitrogens with one attached hydrogen (secondary N) is 1. The van der Waals surface area contributed by atoms with E-state index < -0.39 is 0 Å². The summed E-state index contributed by atoms with van der Waals surface area (Å²) in [6.07, 6.45) is 0. The molecule has 0 aromatic rings. The third kappa shape index (κ3) is 2.52. The Bertz CT molecular complexity index is 278. The van der Waals surface area contributed by atoms with Crippen LogP contribution in [0.25, 0.3) is 0 Å². The Hall–Kier alpha value is -1.10. The first kappa shape index (κ1) is 13.0. The highest BCUT2D eigenvalue weighted by Gasteiger charge is 2.33. The molecular weight excluding hydrogens is 206 g/mol. The van der Waals surface area contributed by atoms with Gasteiger partial charge >= 0.3 is 0 Å². The van der Waals surface area contributed by atoms with E-state index in [1.807, 2.05) is 13.8 Å². The van der Waals surface area contributed by atoms with Gasteiger partial charge in [0.05, 0.1) is 5.92 Å². The van der Waals surface area contributed by atoms with E-state index in [-0.39, 0.29) is 29.7 Å². The van der Waals surface area contributed by atoms with Crippen LogP contribution in [0.5, 0.6) is 0 Å². The van der Waals surface area contributed by atoms with Gasteiger partial charge in [0.15, 0.2) is 0 Å². The van der Waals surface area contributed by atoms with Crippen LogP contribution in [0, 0.1) is 11.8 Å². The predicted molar refractivity (Wildman–Crippen MR) is 61.6 cm³/mol. The fourth-order valence-corrected chi connectivity index (χ4v) is 1.95. The summed E-state index contributed by atoms with van der Waals surface area (Å²) >= 11 is 0. The van der Waals surface area contributed by atoms with Crippen LogP contribution in [0.2, 0.25) is 0 Å². The molecule has 16 heavy (non-hydrogen) atoms. The number of nitrogens with zero attached hydrogens (tertiary/aromatic N) is 1. The fraction of sp³-hybridized carbons (Fsp3) is 0.818. The van der Waals surface area contributed by atoms with Crippen molar-refractivity contribution in [2.45, 2.75) is 26.8 Å². The first-order chi connectivity index (χ1) is 7.49. The van der Waals surface area contributed by atoms with E-state index in [0.717, 1.165) is 0 Å². The lowest BCUT2D eigenvalue weighted by Gasteiger charge is -2.36. The highest BCUT2D eigenvalue weighted by molar-refractivity contribution is 5.89. The molecule has 3 N–H and O–H groups in total. The van der Waals surface area contributed by atoms with Crippen LogP contribution in [0.1, 0.15) is 20.8 Å². The molecule has 1 aliphatic rings. The highest BCUT2D eigenvalue weighted by atomic mass is 16.2. The van der Waals surface area contributed by atoms with Gasteiger partial charge in [0.25, 0.3) is 0 Å². The molecule has 5 heteroatoms. The van der Waals surface area contributed by atoms with Crippen molar-refractivity contribution in [1.82, 2.24) is 10.2 Å². The Morgan fingerprint density at radius 2 is 2.25 bits per heavy atom.